The molecule has 14 heteroatoms. The van der Waals surface area contributed by atoms with Gasteiger partial charge in [-0.25, -0.2) is 24.0 Å². The summed E-state index contributed by atoms with van der Waals surface area (Å²) in [5.74, 6) is -0.873. The van der Waals surface area contributed by atoms with Crippen molar-refractivity contribution in [2.24, 2.45) is 0 Å². The predicted molar refractivity (Wildman–Crippen MR) is 180 cm³/mol. The SMILES string of the molecule is CC(Oc1cc(COC(=O)c2ncccc2N)cc(-c2cnn(C3CCN(NC(=O)OC(C)(C)C)CC3)c2)c1)c1c(Cl)ccc(F)c1Cl. The maximum atomic E-state index is 14.3. The van der Waals surface area contributed by atoms with Crippen LogP contribution in [-0.4, -0.2) is 50.5 Å². The number of nitrogens with two attached hydrogens (primary N) is 1. The number of hydrazine groups is 1. The van der Waals surface area contributed by atoms with E-state index in [0.29, 0.717) is 30.0 Å². The van der Waals surface area contributed by atoms with Gasteiger partial charge in [-0.2, -0.15) is 5.10 Å². The molecule has 4 aromatic rings. The highest BCUT2D eigenvalue weighted by Gasteiger charge is 2.25. The zero-order chi connectivity index (χ0) is 34.6. The number of hydrogen-bond donors (Lipinski definition) is 2. The van der Waals surface area contributed by atoms with Crippen molar-refractivity contribution in [1.29, 1.82) is 0 Å². The van der Waals surface area contributed by atoms with Crippen LogP contribution in [0, 0.1) is 5.82 Å². The molecule has 3 N–H and O–H groups in total. The Morgan fingerprint density at radius 1 is 1.12 bits per heavy atom. The number of piperidine rings is 1. The van der Waals surface area contributed by atoms with Crippen LogP contribution >= 0.6 is 23.2 Å². The summed E-state index contributed by atoms with van der Waals surface area (Å²) in [6.45, 7) is 8.32. The number of nitrogens with zero attached hydrogens (tertiary/aromatic N) is 4. The van der Waals surface area contributed by atoms with Crippen molar-refractivity contribution in [1.82, 2.24) is 25.2 Å². The van der Waals surface area contributed by atoms with Crippen LogP contribution < -0.4 is 15.9 Å². The van der Waals surface area contributed by atoms with E-state index in [1.165, 1.54) is 18.3 Å². The van der Waals surface area contributed by atoms with Gasteiger partial charge in [0.2, 0.25) is 0 Å². The normalized spacial score (nSPS) is 14.7. The summed E-state index contributed by atoms with van der Waals surface area (Å²) >= 11 is 12.6. The molecule has 0 aliphatic carbocycles. The van der Waals surface area contributed by atoms with Crippen molar-refractivity contribution in [3.63, 3.8) is 0 Å². The number of hydrogen-bond acceptors (Lipinski definition) is 9. The van der Waals surface area contributed by atoms with Crippen LogP contribution in [0.25, 0.3) is 11.1 Å². The summed E-state index contributed by atoms with van der Waals surface area (Å²) in [7, 11) is 0. The van der Waals surface area contributed by atoms with Gasteiger partial charge in [0.05, 0.1) is 22.9 Å². The third-order valence-corrected chi connectivity index (χ3v) is 8.30. The molecule has 0 radical (unpaired) electrons. The minimum atomic E-state index is -0.720. The summed E-state index contributed by atoms with van der Waals surface area (Å²) < 4.78 is 33.4. The quantitative estimate of drug-likeness (QED) is 0.134. The summed E-state index contributed by atoms with van der Waals surface area (Å²) in [6, 6.07) is 11.3. The van der Waals surface area contributed by atoms with E-state index in [2.05, 4.69) is 15.5 Å². The lowest BCUT2D eigenvalue weighted by atomic mass is 10.0. The van der Waals surface area contributed by atoms with Crippen molar-refractivity contribution in [3.8, 4) is 16.9 Å². The number of nitrogen functional groups attached to an aromatic ring is 1. The number of carbonyl (C=O) groups excluding carboxylic acids is 2. The lowest BCUT2D eigenvalue weighted by Gasteiger charge is -2.32. The van der Waals surface area contributed by atoms with E-state index in [4.69, 9.17) is 43.1 Å². The van der Waals surface area contributed by atoms with Crippen molar-refractivity contribution in [3.05, 3.63) is 93.7 Å². The number of carbonyl (C=O) groups is 2. The Morgan fingerprint density at radius 3 is 2.58 bits per heavy atom. The molecule has 1 unspecified atom stereocenters. The van der Waals surface area contributed by atoms with Crippen molar-refractivity contribution < 1.29 is 28.2 Å². The van der Waals surface area contributed by atoms with Crippen LogP contribution in [0.3, 0.4) is 0 Å². The third-order valence-electron chi connectivity index (χ3n) is 7.59. The molecule has 1 aliphatic rings. The summed E-state index contributed by atoms with van der Waals surface area (Å²) in [5, 5.41) is 6.63. The zero-order valence-corrected chi connectivity index (χ0v) is 28.5. The number of esters is 1. The molecule has 254 valence electrons. The van der Waals surface area contributed by atoms with E-state index < -0.39 is 29.6 Å². The van der Waals surface area contributed by atoms with Crippen LogP contribution in [-0.2, 0) is 16.1 Å². The third kappa shape index (κ3) is 8.74. The second kappa shape index (κ2) is 14.8. The number of rotatable bonds is 9. The predicted octanol–water partition coefficient (Wildman–Crippen LogP) is 7.55. The van der Waals surface area contributed by atoms with Crippen molar-refractivity contribution >= 4 is 41.0 Å². The van der Waals surface area contributed by atoms with Gasteiger partial charge in [-0.1, -0.05) is 23.2 Å². The first-order valence-electron chi connectivity index (χ1n) is 15.4. The Labute approximate surface area is 288 Å². The number of aromatic nitrogens is 3. The Balaban J connectivity index is 1.35. The average molecular weight is 700 g/mol. The van der Waals surface area contributed by atoms with Gasteiger partial charge in [-0.05, 0) is 94.1 Å². The van der Waals surface area contributed by atoms with Gasteiger partial charge in [-0.15, -0.1) is 0 Å². The molecule has 48 heavy (non-hydrogen) atoms. The van der Waals surface area contributed by atoms with Gasteiger partial charge in [-0.3, -0.25) is 10.1 Å². The van der Waals surface area contributed by atoms with E-state index in [1.807, 2.05) is 48.8 Å². The molecule has 1 saturated heterocycles. The number of benzene rings is 2. The van der Waals surface area contributed by atoms with Gasteiger partial charge < -0.3 is 19.9 Å². The molecule has 2 aromatic carbocycles. The molecule has 1 aliphatic heterocycles. The van der Waals surface area contributed by atoms with Crippen LogP contribution in [0.15, 0.2) is 61.1 Å². The fourth-order valence-electron chi connectivity index (χ4n) is 5.32. The fraction of sp³-hybridized carbons (Fsp3) is 0.353. The van der Waals surface area contributed by atoms with Gasteiger partial charge in [0.25, 0.3) is 0 Å². The molecule has 0 bridgehead atoms. The molecule has 2 aromatic heterocycles. The second-order valence-corrected chi connectivity index (χ2v) is 13.2. The summed E-state index contributed by atoms with van der Waals surface area (Å²) in [4.78, 5) is 29.0. The Hall–Kier alpha value is -4.39. The smallest absolute Gasteiger partial charge is 0.422 e. The topological polar surface area (TPSA) is 134 Å². The molecule has 5 rings (SSSR count). The number of anilines is 1. The van der Waals surface area contributed by atoms with Crippen LogP contribution in [0.2, 0.25) is 10.0 Å². The van der Waals surface area contributed by atoms with Crippen LogP contribution in [0.5, 0.6) is 5.75 Å². The van der Waals surface area contributed by atoms with Gasteiger partial charge >= 0.3 is 12.1 Å². The fourth-order valence-corrected chi connectivity index (χ4v) is 6.00. The van der Waals surface area contributed by atoms with Crippen molar-refractivity contribution in [2.75, 3.05) is 18.8 Å². The van der Waals surface area contributed by atoms with E-state index in [-0.39, 0.29) is 34.1 Å². The number of halogens is 3. The largest absolute Gasteiger partial charge is 0.486 e. The molecular weight excluding hydrogens is 662 g/mol. The molecule has 11 nitrogen and oxygen atoms in total. The first-order chi connectivity index (χ1) is 22.8. The minimum absolute atomic E-state index is 0.0164. The van der Waals surface area contributed by atoms with Crippen molar-refractivity contribution in [2.45, 2.75) is 64.9 Å². The van der Waals surface area contributed by atoms with Crippen LogP contribution in [0.4, 0.5) is 14.9 Å². The minimum Gasteiger partial charge on any atom is -0.486 e. The Kier molecular flexibility index (Phi) is 10.8. The first-order valence-corrected chi connectivity index (χ1v) is 16.1. The molecule has 1 fully saturated rings. The van der Waals surface area contributed by atoms with E-state index in [1.54, 1.807) is 31.3 Å². The van der Waals surface area contributed by atoms with E-state index >= 15 is 0 Å². The van der Waals surface area contributed by atoms with E-state index in [0.717, 1.165) is 24.0 Å². The lowest BCUT2D eigenvalue weighted by molar-refractivity contribution is 0.0265. The molecule has 3 heterocycles. The Bertz CT molecular complexity index is 1790. The monoisotopic (exact) mass is 698 g/mol. The molecule has 1 atom stereocenters. The maximum absolute atomic E-state index is 14.3. The van der Waals surface area contributed by atoms with E-state index in [9.17, 15) is 14.0 Å². The summed E-state index contributed by atoms with van der Waals surface area (Å²) in [6.07, 6.45) is 5.46. The highest BCUT2D eigenvalue weighted by atomic mass is 35.5. The Morgan fingerprint density at radius 2 is 1.88 bits per heavy atom. The highest BCUT2D eigenvalue weighted by Crippen LogP contribution is 2.36. The number of amides is 1. The number of pyridine rings is 1. The molecular formula is C34H37Cl2FN6O5. The maximum Gasteiger partial charge on any atom is 0.422 e. The highest BCUT2D eigenvalue weighted by molar-refractivity contribution is 6.36. The average Bonchev–Trinajstić information content (AvgIpc) is 3.52. The standard InChI is InChI=1S/C34H37Cl2FN6O5/c1-20(29-26(35)7-8-27(37)30(29)36)47-25-15-21(19-46-32(44)31-28(38)6-5-11-39-31)14-22(16-25)23-17-40-43(18-23)24-9-12-42(13-10-24)41-33(45)48-34(2,3)4/h5-8,11,14-18,20,24H,9-10,12-13,19,38H2,1-4H3,(H,41,45). The zero-order valence-electron chi connectivity index (χ0n) is 27.0. The summed E-state index contributed by atoms with van der Waals surface area (Å²) in [5.41, 5.74) is 10.8. The molecule has 0 saturated carbocycles. The van der Waals surface area contributed by atoms with Gasteiger partial charge in [0.15, 0.2) is 5.69 Å². The lowest BCUT2D eigenvalue weighted by Crippen LogP contribution is -2.48. The molecule has 1 amide bonds. The number of ether oxygens (including phenoxy) is 3. The second-order valence-electron chi connectivity index (χ2n) is 12.4. The van der Waals surface area contributed by atoms with Gasteiger partial charge in [0.1, 0.15) is 29.9 Å². The van der Waals surface area contributed by atoms with Crippen LogP contribution in [0.1, 0.15) is 74.3 Å². The first kappa shape index (κ1) is 34.9. The molecule has 0 spiro atoms. The number of nitrogens with one attached hydrogen (secondary N) is 1. The van der Waals surface area contributed by atoms with Gasteiger partial charge in [0, 0.05) is 41.6 Å².